The molecule has 0 saturated heterocycles. The van der Waals surface area contributed by atoms with E-state index in [0.717, 1.165) is 18.6 Å². The Labute approximate surface area is 98.7 Å². The molecule has 0 aromatic carbocycles. The smallest absolute Gasteiger partial charge is 0.0615 e. The number of unbranched alkanes of at least 4 members (excludes halogenated alkanes) is 1. The van der Waals surface area contributed by atoms with Crippen molar-refractivity contribution in [3.63, 3.8) is 0 Å². The Morgan fingerprint density at radius 1 is 1.44 bits per heavy atom. The standard InChI is InChI=1S/C13H23N3/c1-4-13(15-16(3)14)8-6-5-7-11(2)12-9-10-12/h4H,1,5-10,14H2,2-3H3/b15-13+. The van der Waals surface area contributed by atoms with Crippen molar-refractivity contribution in [2.75, 3.05) is 7.05 Å². The summed E-state index contributed by atoms with van der Waals surface area (Å²) in [5.74, 6) is 5.46. The van der Waals surface area contributed by atoms with Crippen LogP contribution in [0.5, 0.6) is 0 Å². The largest absolute Gasteiger partial charge is 0.235 e. The van der Waals surface area contributed by atoms with Crippen LogP contribution in [-0.4, -0.2) is 17.9 Å². The van der Waals surface area contributed by atoms with E-state index in [0.29, 0.717) is 0 Å². The third kappa shape index (κ3) is 5.12. The van der Waals surface area contributed by atoms with Gasteiger partial charge in [-0.1, -0.05) is 17.7 Å². The molecule has 0 spiro atoms. The number of hydrogen-bond donors (Lipinski definition) is 1. The molecule has 1 fully saturated rings. The number of hydrazine groups is 1. The van der Waals surface area contributed by atoms with E-state index in [-0.39, 0.29) is 0 Å². The Balaban J connectivity index is 2.18. The minimum atomic E-state index is 0.966. The molecule has 0 amide bonds. The summed E-state index contributed by atoms with van der Waals surface area (Å²) in [7, 11) is 1.73. The van der Waals surface area contributed by atoms with Crippen LogP contribution in [0, 0.1) is 0 Å². The zero-order valence-corrected chi connectivity index (χ0v) is 10.5. The van der Waals surface area contributed by atoms with Gasteiger partial charge in [-0.25, -0.2) is 11.0 Å². The van der Waals surface area contributed by atoms with Crippen LogP contribution >= 0.6 is 0 Å². The van der Waals surface area contributed by atoms with Crippen LogP contribution in [-0.2, 0) is 0 Å². The van der Waals surface area contributed by atoms with Crippen molar-refractivity contribution in [2.24, 2.45) is 10.9 Å². The highest BCUT2D eigenvalue weighted by Gasteiger charge is 2.13. The topological polar surface area (TPSA) is 41.6 Å². The second-order valence-corrected chi connectivity index (χ2v) is 4.46. The maximum atomic E-state index is 5.46. The van der Waals surface area contributed by atoms with Gasteiger partial charge in [-0.15, -0.1) is 0 Å². The molecule has 3 heteroatoms. The number of rotatable bonds is 7. The molecular formula is C13H23N3. The summed E-state index contributed by atoms with van der Waals surface area (Å²) in [5, 5.41) is 5.50. The van der Waals surface area contributed by atoms with Crippen molar-refractivity contribution in [3.8, 4) is 0 Å². The molecule has 0 radical (unpaired) electrons. The minimum absolute atomic E-state index is 0.966. The molecule has 1 aliphatic carbocycles. The summed E-state index contributed by atoms with van der Waals surface area (Å²) in [5.41, 5.74) is 4.26. The van der Waals surface area contributed by atoms with E-state index in [2.05, 4.69) is 18.6 Å². The van der Waals surface area contributed by atoms with Crippen molar-refractivity contribution >= 4 is 5.71 Å². The van der Waals surface area contributed by atoms with E-state index in [4.69, 9.17) is 5.84 Å². The Morgan fingerprint density at radius 3 is 2.56 bits per heavy atom. The van der Waals surface area contributed by atoms with Gasteiger partial charge < -0.3 is 0 Å². The van der Waals surface area contributed by atoms with Gasteiger partial charge in [-0.2, -0.15) is 5.10 Å². The molecule has 0 aromatic rings. The highest BCUT2D eigenvalue weighted by atomic mass is 15.6. The van der Waals surface area contributed by atoms with Gasteiger partial charge in [-0.05, 0) is 51.5 Å². The lowest BCUT2D eigenvalue weighted by Gasteiger charge is -2.07. The molecule has 90 valence electrons. The van der Waals surface area contributed by atoms with Gasteiger partial charge >= 0.3 is 0 Å². The molecular weight excluding hydrogens is 198 g/mol. The van der Waals surface area contributed by atoms with E-state index in [1.807, 2.05) is 0 Å². The molecule has 16 heavy (non-hydrogen) atoms. The third-order valence-corrected chi connectivity index (χ3v) is 2.86. The average Bonchev–Trinajstić information content (AvgIpc) is 3.05. The fraction of sp³-hybridized carbons (Fsp3) is 0.615. The van der Waals surface area contributed by atoms with Crippen LogP contribution in [0.15, 0.2) is 28.9 Å². The number of allylic oxidation sites excluding steroid dienone is 3. The molecule has 1 saturated carbocycles. The molecule has 3 nitrogen and oxygen atoms in total. The second kappa shape index (κ2) is 6.48. The van der Waals surface area contributed by atoms with Crippen LogP contribution < -0.4 is 5.84 Å². The number of hydrazone groups is 1. The van der Waals surface area contributed by atoms with Gasteiger partial charge in [0, 0.05) is 7.05 Å². The summed E-state index contributed by atoms with van der Waals surface area (Å²) in [6.45, 7) is 6.01. The normalized spacial score (nSPS) is 14.9. The molecule has 2 N–H and O–H groups in total. The van der Waals surface area contributed by atoms with Crippen molar-refractivity contribution in [3.05, 3.63) is 23.8 Å². The Kier molecular flexibility index (Phi) is 5.26. The van der Waals surface area contributed by atoms with E-state index in [1.165, 1.54) is 30.8 Å². The van der Waals surface area contributed by atoms with Gasteiger partial charge in [0.25, 0.3) is 0 Å². The quantitative estimate of drug-likeness (QED) is 0.236. The second-order valence-electron chi connectivity index (χ2n) is 4.46. The number of nitrogens with zero attached hydrogens (tertiary/aromatic N) is 2. The highest BCUT2D eigenvalue weighted by molar-refractivity contribution is 5.94. The predicted molar refractivity (Wildman–Crippen MR) is 70.0 cm³/mol. The number of nitrogens with two attached hydrogens (primary N) is 1. The maximum absolute atomic E-state index is 5.46. The van der Waals surface area contributed by atoms with Crippen LogP contribution in [0.2, 0.25) is 0 Å². The minimum Gasteiger partial charge on any atom is -0.235 e. The molecule has 0 atom stereocenters. The van der Waals surface area contributed by atoms with E-state index < -0.39 is 0 Å². The average molecular weight is 221 g/mol. The van der Waals surface area contributed by atoms with Crippen LogP contribution in [0.4, 0.5) is 0 Å². The third-order valence-electron chi connectivity index (χ3n) is 2.86. The highest BCUT2D eigenvalue weighted by Crippen LogP contribution is 2.33. The van der Waals surface area contributed by atoms with E-state index in [1.54, 1.807) is 24.3 Å². The summed E-state index contributed by atoms with van der Waals surface area (Å²) < 4.78 is 0. The predicted octanol–water partition coefficient (Wildman–Crippen LogP) is 3.00. The van der Waals surface area contributed by atoms with Gasteiger partial charge in [-0.3, -0.25) is 0 Å². The van der Waals surface area contributed by atoms with Crippen LogP contribution in [0.3, 0.4) is 0 Å². The van der Waals surface area contributed by atoms with Crippen molar-refractivity contribution < 1.29 is 0 Å². The van der Waals surface area contributed by atoms with Crippen molar-refractivity contribution in [1.29, 1.82) is 0 Å². The van der Waals surface area contributed by atoms with Gasteiger partial charge in [0.05, 0.1) is 5.71 Å². The van der Waals surface area contributed by atoms with Gasteiger partial charge in [0.2, 0.25) is 0 Å². The van der Waals surface area contributed by atoms with E-state index in [9.17, 15) is 0 Å². The van der Waals surface area contributed by atoms with Crippen LogP contribution in [0.1, 0.15) is 45.4 Å². The van der Waals surface area contributed by atoms with E-state index >= 15 is 0 Å². The molecule has 0 aromatic heterocycles. The first-order valence-corrected chi connectivity index (χ1v) is 5.99. The fourth-order valence-electron chi connectivity index (χ4n) is 1.76. The molecule has 1 aliphatic rings. The SMILES string of the molecule is C=C/C(CCCCC(C)=C1CC1)=N\N(C)N. The Bertz CT molecular complexity index is 294. The van der Waals surface area contributed by atoms with Gasteiger partial charge in [0.15, 0.2) is 0 Å². The summed E-state index contributed by atoms with van der Waals surface area (Å²) in [4.78, 5) is 0. The van der Waals surface area contributed by atoms with Crippen LogP contribution in [0.25, 0.3) is 0 Å². The van der Waals surface area contributed by atoms with Gasteiger partial charge in [0.1, 0.15) is 0 Å². The summed E-state index contributed by atoms with van der Waals surface area (Å²) >= 11 is 0. The zero-order chi connectivity index (χ0) is 12.0. The lowest BCUT2D eigenvalue weighted by atomic mass is 10.1. The first-order chi connectivity index (χ1) is 7.63. The van der Waals surface area contributed by atoms with Crippen molar-refractivity contribution in [2.45, 2.75) is 45.4 Å². The Hall–Kier alpha value is -1.09. The summed E-state index contributed by atoms with van der Waals surface area (Å²) in [6, 6.07) is 0. The molecule has 0 heterocycles. The first kappa shape index (κ1) is 13.0. The molecule has 1 rings (SSSR count). The lowest BCUT2D eigenvalue weighted by molar-refractivity contribution is 0.371. The zero-order valence-electron chi connectivity index (χ0n) is 10.5. The monoisotopic (exact) mass is 221 g/mol. The summed E-state index contributed by atoms with van der Waals surface area (Å²) in [6.07, 6.45) is 9.05. The van der Waals surface area contributed by atoms with Crippen molar-refractivity contribution in [1.82, 2.24) is 5.12 Å². The molecule has 0 aliphatic heterocycles. The fourth-order valence-corrected chi connectivity index (χ4v) is 1.76. The molecule has 0 unspecified atom stereocenters. The lowest BCUT2D eigenvalue weighted by Crippen LogP contribution is -2.20. The Morgan fingerprint density at radius 2 is 2.06 bits per heavy atom. The number of hydrogen-bond acceptors (Lipinski definition) is 3. The first-order valence-electron chi connectivity index (χ1n) is 5.99. The molecule has 0 bridgehead atoms. The maximum Gasteiger partial charge on any atom is 0.0615 e.